The molecule has 2 rings (SSSR count). The fraction of sp³-hybridized carbons (Fsp3) is 0.300. The second-order valence-electron chi connectivity index (χ2n) is 5.74. The Kier molecular flexibility index (Phi) is 8.64. The molecular formula is C20H25BrN4O2. The number of ether oxygens (including phenoxy) is 1. The summed E-state index contributed by atoms with van der Waals surface area (Å²) in [5.74, 6) is 1.44. The molecule has 0 radical (unpaired) electrons. The van der Waals surface area contributed by atoms with Gasteiger partial charge in [-0.25, -0.2) is 4.99 Å². The smallest absolute Gasteiger partial charge is 0.251 e. The van der Waals surface area contributed by atoms with Gasteiger partial charge in [0.05, 0.1) is 13.7 Å². The summed E-state index contributed by atoms with van der Waals surface area (Å²) in [6.45, 7) is 4.41. The third kappa shape index (κ3) is 7.30. The van der Waals surface area contributed by atoms with Crippen LogP contribution in [0.25, 0.3) is 0 Å². The van der Waals surface area contributed by atoms with Crippen molar-refractivity contribution in [3.63, 3.8) is 0 Å². The molecule has 0 spiro atoms. The SMILES string of the molecule is CCNC(=NCc1ccc(OC)cc1)NCCNC(=O)c1cccc(Br)c1. The molecule has 0 aliphatic carbocycles. The van der Waals surface area contributed by atoms with Crippen LogP contribution in [0.1, 0.15) is 22.8 Å². The third-order valence-electron chi connectivity index (χ3n) is 3.71. The zero-order chi connectivity index (χ0) is 19.5. The van der Waals surface area contributed by atoms with E-state index in [0.29, 0.717) is 31.2 Å². The Morgan fingerprint density at radius 3 is 2.48 bits per heavy atom. The number of aliphatic imine (C=N–C) groups is 1. The van der Waals surface area contributed by atoms with E-state index in [9.17, 15) is 4.79 Å². The zero-order valence-corrected chi connectivity index (χ0v) is 17.2. The van der Waals surface area contributed by atoms with Crippen LogP contribution in [0.4, 0.5) is 0 Å². The fourth-order valence-electron chi connectivity index (χ4n) is 2.33. The van der Waals surface area contributed by atoms with Crippen molar-refractivity contribution in [2.75, 3.05) is 26.7 Å². The van der Waals surface area contributed by atoms with E-state index in [1.165, 1.54) is 0 Å². The maximum absolute atomic E-state index is 12.1. The van der Waals surface area contributed by atoms with Gasteiger partial charge in [-0.15, -0.1) is 0 Å². The minimum Gasteiger partial charge on any atom is -0.497 e. The summed E-state index contributed by atoms with van der Waals surface area (Å²) in [7, 11) is 1.65. The van der Waals surface area contributed by atoms with Gasteiger partial charge in [0.2, 0.25) is 0 Å². The Balaban J connectivity index is 1.80. The summed E-state index contributed by atoms with van der Waals surface area (Å²) < 4.78 is 6.04. The molecule has 1 amide bonds. The first-order valence-corrected chi connectivity index (χ1v) is 9.60. The molecule has 2 aromatic carbocycles. The number of amides is 1. The lowest BCUT2D eigenvalue weighted by atomic mass is 10.2. The maximum atomic E-state index is 12.1. The summed E-state index contributed by atoms with van der Waals surface area (Å²) in [4.78, 5) is 16.7. The summed E-state index contributed by atoms with van der Waals surface area (Å²) in [5.41, 5.74) is 1.72. The molecule has 0 atom stereocenters. The monoisotopic (exact) mass is 432 g/mol. The van der Waals surface area contributed by atoms with Crippen LogP contribution in [0.5, 0.6) is 5.75 Å². The maximum Gasteiger partial charge on any atom is 0.251 e. The highest BCUT2D eigenvalue weighted by atomic mass is 79.9. The van der Waals surface area contributed by atoms with Crippen LogP contribution in [0.2, 0.25) is 0 Å². The van der Waals surface area contributed by atoms with Gasteiger partial charge in [0, 0.05) is 29.7 Å². The molecule has 0 heterocycles. The van der Waals surface area contributed by atoms with E-state index in [2.05, 4.69) is 36.9 Å². The van der Waals surface area contributed by atoms with Crippen LogP contribution in [0.15, 0.2) is 58.0 Å². The van der Waals surface area contributed by atoms with E-state index in [-0.39, 0.29) is 5.91 Å². The lowest BCUT2D eigenvalue weighted by Gasteiger charge is -2.12. The molecule has 27 heavy (non-hydrogen) atoms. The van der Waals surface area contributed by atoms with E-state index < -0.39 is 0 Å². The first-order chi connectivity index (χ1) is 13.1. The van der Waals surface area contributed by atoms with Gasteiger partial charge < -0.3 is 20.7 Å². The Labute approximate surface area is 168 Å². The van der Waals surface area contributed by atoms with Crippen molar-refractivity contribution in [3.8, 4) is 5.75 Å². The number of benzene rings is 2. The number of halogens is 1. The zero-order valence-electron chi connectivity index (χ0n) is 15.6. The van der Waals surface area contributed by atoms with E-state index in [1.807, 2.05) is 43.3 Å². The molecule has 3 N–H and O–H groups in total. The van der Waals surface area contributed by atoms with Gasteiger partial charge in [-0.3, -0.25) is 4.79 Å². The highest BCUT2D eigenvalue weighted by Crippen LogP contribution is 2.12. The fourth-order valence-corrected chi connectivity index (χ4v) is 2.73. The second kappa shape index (κ2) is 11.2. The van der Waals surface area contributed by atoms with Crippen LogP contribution in [-0.2, 0) is 6.54 Å². The number of rotatable bonds is 8. The predicted molar refractivity (Wildman–Crippen MR) is 112 cm³/mol. The minimum atomic E-state index is -0.0988. The van der Waals surface area contributed by atoms with E-state index >= 15 is 0 Å². The van der Waals surface area contributed by atoms with Crippen LogP contribution in [0.3, 0.4) is 0 Å². The molecule has 0 bridgehead atoms. The molecule has 0 saturated heterocycles. The molecule has 2 aromatic rings. The Morgan fingerprint density at radius 1 is 1.07 bits per heavy atom. The Morgan fingerprint density at radius 2 is 1.81 bits per heavy atom. The van der Waals surface area contributed by atoms with Crippen LogP contribution < -0.4 is 20.7 Å². The molecular weight excluding hydrogens is 408 g/mol. The number of nitrogens with zero attached hydrogens (tertiary/aromatic N) is 1. The highest BCUT2D eigenvalue weighted by Gasteiger charge is 2.05. The number of carbonyl (C=O) groups is 1. The van der Waals surface area contributed by atoms with Gasteiger partial charge in [0.25, 0.3) is 5.91 Å². The van der Waals surface area contributed by atoms with Crippen LogP contribution >= 0.6 is 15.9 Å². The van der Waals surface area contributed by atoms with Gasteiger partial charge in [0.1, 0.15) is 5.75 Å². The van der Waals surface area contributed by atoms with Crippen molar-refractivity contribution in [2.45, 2.75) is 13.5 Å². The molecule has 0 saturated carbocycles. The van der Waals surface area contributed by atoms with Crippen LogP contribution in [-0.4, -0.2) is 38.6 Å². The standard InChI is InChI=1S/C20H25BrN4O2/c1-3-22-20(25-14-15-7-9-18(27-2)10-8-15)24-12-11-23-19(26)16-5-4-6-17(21)13-16/h4-10,13H,3,11-12,14H2,1-2H3,(H,23,26)(H2,22,24,25). The van der Waals surface area contributed by atoms with Gasteiger partial charge in [-0.2, -0.15) is 0 Å². The van der Waals surface area contributed by atoms with Crippen molar-refractivity contribution in [1.29, 1.82) is 0 Å². The minimum absolute atomic E-state index is 0.0988. The van der Waals surface area contributed by atoms with Crippen LogP contribution in [0, 0.1) is 0 Å². The average molecular weight is 433 g/mol. The number of hydrogen-bond donors (Lipinski definition) is 3. The van der Waals surface area contributed by atoms with Crippen molar-refractivity contribution < 1.29 is 9.53 Å². The lowest BCUT2D eigenvalue weighted by Crippen LogP contribution is -2.41. The largest absolute Gasteiger partial charge is 0.497 e. The molecule has 144 valence electrons. The first kappa shape index (κ1) is 20.8. The van der Waals surface area contributed by atoms with Gasteiger partial charge in [0.15, 0.2) is 5.96 Å². The number of carbonyl (C=O) groups excluding carboxylic acids is 1. The topological polar surface area (TPSA) is 74.8 Å². The van der Waals surface area contributed by atoms with E-state index in [1.54, 1.807) is 19.2 Å². The van der Waals surface area contributed by atoms with Crippen molar-refractivity contribution in [2.24, 2.45) is 4.99 Å². The van der Waals surface area contributed by atoms with Crippen molar-refractivity contribution >= 4 is 27.8 Å². The Hall–Kier alpha value is -2.54. The first-order valence-electron chi connectivity index (χ1n) is 8.81. The van der Waals surface area contributed by atoms with Crippen molar-refractivity contribution in [1.82, 2.24) is 16.0 Å². The number of hydrogen-bond acceptors (Lipinski definition) is 3. The summed E-state index contributed by atoms with van der Waals surface area (Å²) in [6.07, 6.45) is 0. The van der Waals surface area contributed by atoms with Gasteiger partial charge in [-0.05, 0) is 42.8 Å². The normalized spacial score (nSPS) is 11.0. The number of guanidine groups is 1. The van der Waals surface area contributed by atoms with E-state index in [4.69, 9.17) is 4.74 Å². The molecule has 7 heteroatoms. The quantitative estimate of drug-likeness (QED) is 0.340. The lowest BCUT2D eigenvalue weighted by molar-refractivity contribution is 0.0954. The highest BCUT2D eigenvalue weighted by molar-refractivity contribution is 9.10. The third-order valence-corrected chi connectivity index (χ3v) is 4.21. The average Bonchev–Trinajstić information content (AvgIpc) is 2.69. The Bertz CT molecular complexity index is 763. The summed E-state index contributed by atoms with van der Waals surface area (Å²) in [6, 6.07) is 15.1. The number of nitrogens with one attached hydrogen (secondary N) is 3. The second-order valence-corrected chi connectivity index (χ2v) is 6.65. The molecule has 6 nitrogen and oxygen atoms in total. The molecule has 0 fully saturated rings. The molecule has 0 unspecified atom stereocenters. The molecule has 0 aliphatic rings. The molecule has 0 aliphatic heterocycles. The van der Waals surface area contributed by atoms with Crippen molar-refractivity contribution in [3.05, 3.63) is 64.1 Å². The number of methoxy groups -OCH3 is 1. The van der Waals surface area contributed by atoms with Gasteiger partial charge in [-0.1, -0.05) is 34.1 Å². The molecule has 0 aromatic heterocycles. The van der Waals surface area contributed by atoms with Gasteiger partial charge >= 0.3 is 0 Å². The summed E-state index contributed by atoms with van der Waals surface area (Å²) >= 11 is 3.37. The van der Waals surface area contributed by atoms with E-state index in [0.717, 1.165) is 22.3 Å². The summed E-state index contributed by atoms with van der Waals surface area (Å²) in [5, 5.41) is 9.31. The predicted octanol–water partition coefficient (Wildman–Crippen LogP) is 2.94.